The van der Waals surface area contributed by atoms with Crippen molar-refractivity contribution in [1.82, 2.24) is 4.98 Å². The molecule has 6 nitrogen and oxygen atoms in total. The van der Waals surface area contributed by atoms with Crippen molar-refractivity contribution in [2.24, 2.45) is 0 Å². The van der Waals surface area contributed by atoms with Crippen molar-refractivity contribution in [1.29, 1.82) is 0 Å². The molecule has 128 valence electrons. The SMILES string of the molecule is O=C(Nc1cccc(-c2nc3cc(Cl)ccc3c(=O)o2)c1)c1ccco1. The lowest BCUT2D eigenvalue weighted by Crippen LogP contribution is -2.10. The number of carbonyl (C=O) groups excluding carboxylic acids is 1. The van der Waals surface area contributed by atoms with Crippen molar-refractivity contribution >= 4 is 34.1 Å². The van der Waals surface area contributed by atoms with E-state index >= 15 is 0 Å². The number of fused-ring (bicyclic) bond motifs is 1. The number of nitrogens with one attached hydrogen (secondary N) is 1. The van der Waals surface area contributed by atoms with Crippen LogP contribution in [0.4, 0.5) is 5.69 Å². The molecule has 7 heteroatoms. The monoisotopic (exact) mass is 366 g/mol. The van der Waals surface area contributed by atoms with Crippen molar-refractivity contribution in [2.75, 3.05) is 5.32 Å². The lowest BCUT2D eigenvalue weighted by molar-refractivity contribution is 0.0996. The van der Waals surface area contributed by atoms with Gasteiger partial charge in [-0.1, -0.05) is 17.7 Å². The zero-order valence-corrected chi connectivity index (χ0v) is 14.0. The standard InChI is InChI=1S/C19H11ClN2O4/c20-12-6-7-14-15(10-12)22-18(26-19(14)24)11-3-1-4-13(9-11)21-17(23)16-5-2-8-25-16/h1-10H,(H,21,23). The molecule has 1 amide bonds. The van der Waals surface area contributed by atoms with Crippen LogP contribution in [0, 0.1) is 0 Å². The highest BCUT2D eigenvalue weighted by molar-refractivity contribution is 6.31. The van der Waals surface area contributed by atoms with Gasteiger partial charge in [-0.3, -0.25) is 4.79 Å². The van der Waals surface area contributed by atoms with E-state index in [2.05, 4.69) is 10.3 Å². The smallest absolute Gasteiger partial charge is 0.347 e. The number of hydrogen-bond acceptors (Lipinski definition) is 5. The van der Waals surface area contributed by atoms with Crippen LogP contribution in [-0.2, 0) is 0 Å². The number of halogens is 1. The quantitative estimate of drug-likeness (QED) is 0.582. The van der Waals surface area contributed by atoms with Crippen molar-refractivity contribution in [3.63, 3.8) is 0 Å². The molecular formula is C19H11ClN2O4. The Balaban J connectivity index is 1.71. The fraction of sp³-hybridized carbons (Fsp3) is 0. The van der Waals surface area contributed by atoms with Crippen LogP contribution in [0.2, 0.25) is 5.02 Å². The molecule has 0 saturated carbocycles. The van der Waals surface area contributed by atoms with Crippen molar-refractivity contribution in [3.05, 3.63) is 82.1 Å². The molecule has 0 fully saturated rings. The molecule has 0 aliphatic heterocycles. The molecule has 0 saturated heterocycles. The number of carbonyl (C=O) groups is 1. The molecule has 0 atom stereocenters. The third-order valence-electron chi connectivity index (χ3n) is 3.70. The summed E-state index contributed by atoms with van der Waals surface area (Å²) in [5.41, 5.74) is 0.987. The Morgan fingerprint density at radius 2 is 1.96 bits per heavy atom. The highest BCUT2D eigenvalue weighted by atomic mass is 35.5. The number of amides is 1. The van der Waals surface area contributed by atoms with Crippen LogP contribution in [0.3, 0.4) is 0 Å². The lowest BCUT2D eigenvalue weighted by Gasteiger charge is -2.06. The topological polar surface area (TPSA) is 85.3 Å². The Hall–Kier alpha value is -3.38. The van der Waals surface area contributed by atoms with Gasteiger partial charge in [0, 0.05) is 16.3 Å². The van der Waals surface area contributed by atoms with Crippen LogP contribution >= 0.6 is 11.6 Å². The summed E-state index contributed by atoms with van der Waals surface area (Å²) in [6.07, 6.45) is 1.42. The Labute approximate surface area is 152 Å². The zero-order valence-electron chi connectivity index (χ0n) is 13.2. The van der Waals surface area contributed by atoms with E-state index in [0.717, 1.165) is 0 Å². The zero-order chi connectivity index (χ0) is 18.1. The summed E-state index contributed by atoms with van der Waals surface area (Å²) >= 11 is 5.97. The van der Waals surface area contributed by atoms with E-state index in [4.69, 9.17) is 20.4 Å². The molecule has 2 aromatic heterocycles. The van der Waals surface area contributed by atoms with E-state index in [1.165, 1.54) is 6.26 Å². The van der Waals surface area contributed by atoms with Gasteiger partial charge in [0.1, 0.15) is 0 Å². The Kier molecular flexibility index (Phi) is 4.02. The first-order chi connectivity index (χ1) is 12.6. The Morgan fingerprint density at radius 3 is 2.77 bits per heavy atom. The highest BCUT2D eigenvalue weighted by Crippen LogP contribution is 2.23. The number of furan rings is 1. The average molecular weight is 367 g/mol. The minimum Gasteiger partial charge on any atom is -0.459 e. The van der Waals surface area contributed by atoms with E-state index in [-0.39, 0.29) is 17.6 Å². The first-order valence-electron chi connectivity index (χ1n) is 7.66. The van der Waals surface area contributed by atoms with Crippen molar-refractivity contribution < 1.29 is 13.6 Å². The third kappa shape index (κ3) is 3.10. The van der Waals surface area contributed by atoms with Gasteiger partial charge >= 0.3 is 5.63 Å². The minimum atomic E-state index is -0.508. The number of nitrogens with zero attached hydrogens (tertiary/aromatic N) is 1. The van der Waals surface area contributed by atoms with E-state index in [1.54, 1.807) is 54.6 Å². The summed E-state index contributed by atoms with van der Waals surface area (Å²) in [6, 6.07) is 14.8. The molecule has 4 aromatic rings. The number of aromatic nitrogens is 1. The van der Waals surface area contributed by atoms with Crippen LogP contribution in [0.1, 0.15) is 10.6 Å². The van der Waals surface area contributed by atoms with Gasteiger partial charge in [0.15, 0.2) is 5.76 Å². The van der Waals surface area contributed by atoms with Crippen LogP contribution in [0.15, 0.2) is 74.5 Å². The highest BCUT2D eigenvalue weighted by Gasteiger charge is 2.12. The van der Waals surface area contributed by atoms with Gasteiger partial charge in [-0.2, -0.15) is 0 Å². The average Bonchev–Trinajstić information content (AvgIpc) is 3.16. The Bertz CT molecular complexity index is 1170. The summed E-state index contributed by atoms with van der Waals surface area (Å²) in [7, 11) is 0. The van der Waals surface area contributed by atoms with Gasteiger partial charge in [0.25, 0.3) is 5.91 Å². The second-order valence-electron chi connectivity index (χ2n) is 5.48. The summed E-state index contributed by atoms with van der Waals surface area (Å²) in [5.74, 6) is -0.0499. The number of rotatable bonds is 3. The predicted octanol–water partition coefficient (Wildman–Crippen LogP) is 4.35. The second kappa shape index (κ2) is 6.50. The van der Waals surface area contributed by atoms with Crippen molar-refractivity contribution in [2.45, 2.75) is 0 Å². The molecular weight excluding hydrogens is 356 g/mol. The van der Waals surface area contributed by atoms with Crippen LogP contribution in [-0.4, -0.2) is 10.9 Å². The van der Waals surface area contributed by atoms with E-state index in [0.29, 0.717) is 27.2 Å². The summed E-state index contributed by atoms with van der Waals surface area (Å²) in [4.78, 5) is 28.6. The van der Waals surface area contributed by atoms with Gasteiger partial charge in [0.2, 0.25) is 5.89 Å². The minimum absolute atomic E-state index is 0.138. The third-order valence-corrected chi connectivity index (χ3v) is 3.94. The Morgan fingerprint density at radius 1 is 1.08 bits per heavy atom. The maximum Gasteiger partial charge on any atom is 0.347 e. The molecule has 26 heavy (non-hydrogen) atoms. The van der Waals surface area contributed by atoms with Crippen molar-refractivity contribution in [3.8, 4) is 11.5 Å². The second-order valence-corrected chi connectivity index (χ2v) is 5.92. The summed E-state index contributed by atoms with van der Waals surface area (Å²) in [6.45, 7) is 0. The predicted molar refractivity (Wildman–Crippen MR) is 97.4 cm³/mol. The molecule has 0 spiro atoms. The van der Waals surface area contributed by atoms with E-state index in [1.807, 2.05) is 0 Å². The fourth-order valence-corrected chi connectivity index (χ4v) is 2.67. The van der Waals surface area contributed by atoms with Gasteiger partial charge in [-0.15, -0.1) is 0 Å². The molecule has 1 N–H and O–H groups in total. The normalized spacial score (nSPS) is 10.8. The number of anilines is 1. The molecule has 2 aromatic carbocycles. The molecule has 0 unspecified atom stereocenters. The first-order valence-corrected chi connectivity index (χ1v) is 8.04. The maximum atomic E-state index is 12.2. The summed E-state index contributed by atoms with van der Waals surface area (Å²) < 4.78 is 10.4. The first kappa shape index (κ1) is 16.1. The number of hydrogen-bond donors (Lipinski definition) is 1. The molecule has 0 bridgehead atoms. The van der Waals surface area contributed by atoms with E-state index in [9.17, 15) is 9.59 Å². The summed E-state index contributed by atoms with van der Waals surface area (Å²) in [5, 5.41) is 3.53. The lowest BCUT2D eigenvalue weighted by atomic mass is 10.2. The molecule has 4 rings (SSSR count). The molecule has 0 aliphatic rings. The van der Waals surface area contributed by atoms with Crippen LogP contribution < -0.4 is 10.9 Å². The molecule has 0 radical (unpaired) electrons. The van der Waals surface area contributed by atoms with Gasteiger partial charge in [-0.25, -0.2) is 9.78 Å². The molecule has 2 heterocycles. The largest absolute Gasteiger partial charge is 0.459 e. The molecule has 0 aliphatic carbocycles. The van der Waals surface area contributed by atoms with Gasteiger partial charge in [-0.05, 0) is 48.5 Å². The van der Waals surface area contributed by atoms with Crippen LogP contribution in [0.5, 0.6) is 0 Å². The maximum absolute atomic E-state index is 12.2. The van der Waals surface area contributed by atoms with E-state index < -0.39 is 5.63 Å². The van der Waals surface area contributed by atoms with Gasteiger partial charge < -0.3 is 14.2 Å². The fourth-order valence-electron chi connectivity index (χ4n) is 2.50. The van der Waals surface area contributed by atoms with Crippen LogP contribution in [0.25, 0.3) is 22.4 Å². The number of benzene rings is 2. The van der Waals surface area contributed by atoms with Gasteiger partial charge in [0.05, 0.1) is 17.2 Å².